The summed E-state index contributed by atoms with van der Waals surface area (Å²) in [5.74, 6) is 1.65. The molecule has 0 unspecified atom stereocenters. The Morgan fingerprint density at radius 1 is 1.19 bits per heavy atom. The Hall–Kier alpha value is -1.59. The first-order valence-corrected chi connectivity index (χ1v) is 10.4. The molecule has 0 amide bonds. The van der Waals surface area contributed by atoms with Crippen LogP contribution in [0.3, 0.4) is 0 Å². The molecule has 1 aromatic rings. The van der Waals surface area contributed by atoms with Crippen molar-refractivity contribution in [2.24, 2.45) is 10.9 Å². The van der Waals surface area contributed by atoms with E-state index in [9.17, 15) is 0 Å². The predicted molar refractivity (Wildman–Crippen MR) is 112 cm³/mol. The molecule has 0 radical (unpaired) electrons. The third-order valence-electron chi connectivity index (χ3n) is 4.83. The predicted octanol–water partition coefficient (Wildman–Crippen LogP) is 3.87. The number of unbranched alkanes of at least 4 members (excludes halogenated alkanes) is 1. The molecule has 1 fully saturated rings. The molecule has 2 N–H and O–H groups in total. The molecular formula is C22H37N3O2. The maximum Gasteiger partial charge on any atom is 0.191 e. The number of hydrogen-bond acceptors (Lipinski definition) is 3. The summed E-state index contributed by atoms with van der Waals surface area (Å²) in [6.07, 6.45) is 6.06. The molecule has 2 rings (SSSR count). The van der Waals surface area contributed by atoms with Gasteiger partial charge in [-0.25, -0.2) is 0 Å². The Kier molecular flexibility index (Phi) is 10.2. The summed E-state index contributed by atoms with van der Waals surface area (Å²) in [4.78, 5) is 4.31. The van der Waals surface area contributed by atoms with Gasteiger partial charge in [0.1, 0.15) is 0 Å². The first kappa shape index (κ1) is 21.7. The van der Waals surface area contributed by atoms with Gasteiger partial charge in [0.15, 0.2) is 5.96 Å². The fraction of sp³-hybridized carbons (Fsp3) is 0.682. The summed E-state index contributed by atoms with van der Waals surface area (Å²) in [7, 11) is 1.82. The van der Waals surface area contributed by atoms with Crippen LogP contribution in [-0.2, 0) is 22.6 Å². The molecule has 5 heteroatoms. The number of hydrogen-bond donors (Lipinski definition) is 2. The highest BCUT2D eigenvalue weighted by molar-refractivity contribution is 5.79. The molecule has 0 saturated carbocycles. The zero-order valence-corrected chi connectivity index (χ0v) is 17.3. The number of guanidine groups is 1. The molecule has 5 nitrogen and oxygen atoms in total. The summed E-state index contributed by atoms with van der Waals surface area (Å²) in [6.45, 7) is 8.58. The minimum absolute atomic E-state index is 0.333. The molecular weight excluding hydrogens is 338 g/mol. The Morgan fingerprint density at radius 2 is 1.96 bits per heavy atom. The van der Waals surface area contributed by atoms with Crippen LogP contribution in [0.25, 0.3) is 0 Å². The highest BCUT2D eigenvalue weighted by Gasteiger charge is 2.14. The van der Waals surface area contributed by atoms with Crippen molar-refractivity contribution in [1.29, 1.82) is 0 Å². The third-order valence-corrected chi connectivity index (χ3v) is 4.83. The molecule has 0 bridgehead atoms. The zero-order valence-electron chi connectivity index (χ0n) is 17.3. The number of nitrogens with zero attached hydrogens (tertiary/aromatic N) is 1. The van der Waals surface area contributed by atoms with E-state index in [1.165, 1.54) is 30.4 Å². The van der Waals surface area contributed by atoms with Gasteiger partial charge >= 0.3 is 0 Å². The lowest BCUT2D eigenvalue weighted by Crippen LogP contribution is -2.37. The van der Waals surface area contributed by atoms with E-state index >= 15 is 0 Å². The minimum Gasteiger partial charge on any atom is -0.381 e. The molecule has 1 heterocycles. The second-order valence-electron chi connectivity index (χ2n) is 7.68. The van der Waals surface area contributed by atoms with Crippen molar-refractivity contribution in [2.75, 3.05) is 26.8 Å². The lowest BCUT2D eigenvalue weighted by atomic mass is 10.1. The molecule has 0 spiro atoms. The third kappa shape index (κ3) is 9.25. The molecule has 1 saturated heterocycles. The van der Waals surface area contributed by atoms with Crippen LogP contribution < -0.4 is 10.6 Å². The monoisotopic (exact) mass is 375 g/mol. The van der Waals surface area contributed by atoms with E-state index in [1.807, 2.05) is 7.05 Å². The molecule has 1 aliphatic heterocycles. The van der Waals surface area contributed by atoms with Crippen molar-refractivity contribution < 1.29 is 9.47 Å². The van der Waals surface area contributed by atoms with Crippen LogP contribution in [0, 0.1) is 5.92 Å². The lowest BCUT2D eigenvalue weighted by Gasteiger charge is -2.22. The van der Waals surface area contributed by atoms with E-state index in [4.69, 9.17) is 9.47 Å². The number of rotatable bonds is 10. The fourth-order valence-electron chi connectivity index (χ4n) is 3.18. The van der Waals surface area contributed by atoms with Gasteiger partial charge in [-0.2, -0.15) is 0 Å². The van der Waals surface area contributed by atoms with E-state index in [1.54, 1.807) is 0 Å². The smallest absolute Gasteiger partial charge is 0.191 e. The first-order chi connectivity index (χ1) is 13.2. The van der Waals surface area contributed by atoms with Crippen LogP contribution in [0.15, 0.2) is 29.3 Å². The van der Waals surface area contributed by atoms with Crippen LogP contribution in [0.5, 0.6) is 0 Å². The first-order valence-electron chi connectivity index (χ1n) is 10.4. The van der Waals surface area contributed by atoms with Gasteiger partial charge < -0.3 is 20.1 Å². The van der Waals surface area contributed by atoms with Crippen LogP contribution >= 0.6 is 0 Å². The molecule has 0 atom stereocenters. The van der Waals surface area contributed by atoms with Crippen molar-refractivity contribution in [2.45, 2.75) is 65.2 Å². The number of aliphatic imine (C=N–C) groups is 1. The Balaban J connectivity index is 1.69. The molecule has 27 heavy (non-hydrogen) atoms. The number of nitrogens with one attached hydrogen (secondary N) is 2. The standard InChI is InChI=1S/C22H37N3O2/c1-18(2)7-4-5-12-24-22(23-3)25-16-19-8-6-9-20(15-19)17-27-21-10-13-26-14-11-21/h6,8-9,15,18,21H,4-5,7,10-14,16-17H2,1-3H3,(H2,23,24,25). The average molecular weight is 376 g/mol. The van der Waals surface area contributed by atoms with E-state index < -0.39 is 0 Å². The Bertz CT molecular complexity index is 554. The van der Waals surface area contributed by atoms with Gasteiger partial charge in [-0.05, 0) is 36.3 Å². The van der Waals surface area contributed by atoms with E-state index in [0.717, 1.165) is 51.0 Å². The Labute approximate surface area is 164 Å². The Morgan fingerprint density at radius 3 is 2.70 bits per heavy atom. The number of benzene rings is 1. The van der Waals surface area contributed by atoms with Gasteiger partial charge in [0.2, 0.25) is 0 Å². The largest absolute Gasteiger partial charge is 0.381 e. The molecule has 1 aromatic carbocycles. The van der Waals surface area contributed by atoms with Gasteiger partial charge in [-0.3, -0.25) is 4.99 Å². The van der Waals surface area contributed by atoms with E-state index in [2.05, 4.69) is 53.7 Å². The van der Waals surface area contributed by atoms with Crippen molar-refractivity contribution in [3.63, 3.8) is 0 Å². The molecule has 0 aromatic heterocycles. The summed E-state index contributed by atoms with van der Waals surface area (Å²) in [6, 6.07) is 8.58. The quantitative estimate of drug-likeness (QED) is 0.370. The van der Waals surface area contributed by atoms with Crippen LogP contribution in [0.4, 0.5) is 0 Å². The molecule has 1 aliphatic rings. The SMILES string of the molecule is CN=C(NCCCCC(C)C)NCc1cccc(COC2CCOCC2)c1. The normalized spacial score (nSPS) is 15.9. The average Bonchev–Trinajstić information content (AvgIpc) is 2.69. The van der Waals surface area contributed by atoms with Gasteiger partial charge in [-0.1, -0.05) is 51.0 Å². The van der Waals surface area contributed by atoms with Gasteiger partial charge in [0, 0.05) is 33.4 Å². The van der Waals surface area contributed by atoms with Crippen LogP contribution in [0.1, 0.15) is 57.1 Å². The fourth-order valence-corrected chi connectivity index (χ4v) is 3.18. The van der Waals surface area contributed by atoms with Crippen molar-refractivity contribution in [1.82, 2.24) is 10.6 Å². The summed E-state index contributed by atoms with van der Waals surface area (Å²) in [5.41, 5.74) is 2.46. The summed E-state index contributed by atoms with van der Waals surface area (Å²) in [5, 5.41) is 6.80. The summed E-state index contributed by atoms with van der Waals surface area (Å²) >= 11 is 0. The molecule has 0 aliphatic carbocycles. The minimum atomic E-state index is 0.333. The van der Waals surface area contributed by atoms with Crippen molar-refractivity contribution >= 4 is 5.96 Å². The van der Waals surface area contributed by atoms with Crippen molar-refractivity contribution in [3.05, 3.63) is 35.4 Å². The lowest BCUT2D eigenvalue weighted by molar-refractivity contribution is -0.0390. The van der Waals surface area contributed by atoms with Gasteiger partial charge in [0.25, 0.3) is 0 Å². The maximum atomic E-state index is 6.03. The number of ether oxygens (including phenoxy) is 2. The topological polar surface area (TPSA) is 54.9 Å². The van der Waals surface area contributed by atoms with E-state index in [-0.39, 0.29) is 0 Å². The van der Waals surface area contributed by atoms with Crippen LogP contribution in [0.2, 0.25) is 0 Å². The molecule has 152 valence electrons. The van der Waals surface area contributed by atoms with Gasteiger partial charge in [-0.15, -0.1) is 0 Å². The maximum absolute atomic E-state index is 6.03. The van der Waals surface area contributed by atoms with E-state index in [0.29, 0.717) is 12.7 Å². The second kappa shape index (κ2) is 12.7. The zero-order chi connectivity index (χ0) is 19.3. The van der Waals surface area contributed by atoms with Crippen molar-refractivity contribution in [3.8, 4) is 0 Å². The van der Waals surface area contributed by atoms with Crippen LogP contribution in [-0.4, -0.2) is 38.9 Å². The highest BCUT2D eigenvalue weighted by atomic mass is 16.5. The second-order valence-corrected chi connectivity index (χ2v) is 7.68. The van der Waals surface area contributed by atoms with Gasteiger partial charge in [0.05, 0.1) is 12.7 Å². The highest BCUT2D eigenvalue weighted by Crippen LogP contribution is 2.14. The summed E-state index contributed by atoms with van der Waals surface area (Å²) < 4.78 is 11.4.